The number of anilines is 1. The molecule has 0 aliphatic rings. The number of carbonyl (C=O) groups is 1. The van der Waals surface area contributed by atoms with Crippen molar-refractivity contribution in [3.63, 3.8) is 0 Å². The van der Waals surface area contributed by atoms with Gasteiger partial charge in [-0.25, -0.2) is 0 Å². The predicted molar refractivity (Wildman–Crippen MR) is 108 cm³/mol. The van der Waals surface area contributed by atoms with Gasteiger partial charge in [0.2, 0.25) is 5.91 Å². The summed E-state index contributed by atoms with van der Waals surface area (Å²) >= 11 is 15.6. The quantitative estimate of drug-likeness (QED) is 0.505. The van der Waals surface area contributed by atoms with Gasteiger partial charge >= 0.3 is 11.1 Å². The highest BCUT2D eigenvalue weighted by molar-refractivity contribution is 9.10. The summed E-state index contributed by atoms with van der Waals surface area (Å²) < 4.78 is 5.87. The molecule has 2 aromatic carbocycles. The fourth-order valence-corrected chi connectivity index (χ4v) is 3.50. The van der Waals surface area contributed by atoms with E-state index >= 15 is 0 Å². The van der Waals surface area contributed by atoms with E-state index in [0.717, 1.165) is 5.56 Å². The second-order valence-electron chi connectivity index (χ2n) is 5.57. The van der Waals surface area contributed by atoms with Crippen LogP contribution in [0.5, 0.6) is 5.75 Å². The van der Waals surface area contributed by atoms with Crippen LogP contribution in [0.3, 0.4) is 0 Å². The average Bonchev–Trinajstić information content (AvgIpc) is 2.61. The van der Waals surface area contributed by atoms with Gasteiger partial charge in [0.05, 0.1) is 44.8 Å². The number of rotatable bonds is 4. The van der Waals surface area contributed by atoms with Gasteiger partial charge in [-0.2, -0.15) is 0 Å². The first kappa shape index (κ1) is 19.5. The Bertz CT molecular complexity index is 1170. The summed E-state index contributed by atoms with van der Waals surface area (Å²) in [5.74, 6) is 0.258. The second-order valence-corrected chi connectivity index (χ2v) is 7.21. The van der Waals surface area contributed by atoms with Gasteiger partial charge in [0.25, 0.3) is 0 Å². The third-order valence-corrected chi connectivity index (χ3v) is 5.16. The van der Waals surface area contributed by atoms with Crippen LogP contribution in [0.4, 0.5) is 5.69 Å². The Labute approximate surface area is 170 Å². The number of hydrogen-bond donors (Lipinski definition) is 3. The van der Waals surface area contributed by atoms with E-state index in [1.54, 1.807) is 25.3 Å². The number of hydrogen-bond acceptors (Lipinski definition) is 4. The molecule has 0 bridgehead atoms. The summed E-state index contributed by atoms with van der Waals surface area (Å²) in [6.45, 7) is 0. The number of benzene rings is 2. The zero-order valence-corrected chi connectivity index (χ0v) is 16.9. The van der Waals surface area contributed by atoms with E-state index < -0.39 is 11.1 Å². The summed E-state index contributed by atoms with van der Waals surface area (Å²) in [5.41, 5.74) is -0.430. The highest BCUT2D eigenvalue weighted by Crippen LogP contribution is 2.35. The van der Waals surface area contributed by atoms with Crippen molar-refractivity contribution in [2.45, 2.75) is 6.42 Å². The normalized spacial score (nSPS) is 10.8. The van der Waals surface area contributed by atoms with Crippen molar-refractivity contribution in [1.29, 1.82) is 0 Å². The van der Waals surface area contributed by atoms with Crippen LogP contribution in [0.2, 0.25) is 10.0 Å². The maximum absolute atomic E-state index is 12.5. The minimum absolute atomic E-state index is 0.0422. The molecule has 0 saturated carbocycles. The lowest BCUT2D eigenvalue weighted by molar-refractivity contribution is -0.115. The number of ether oxygens (including phenoxy) is 1. The molecule has 3 aromatic rings. The smallest absolute Gasteiger partial charge is 0.314 e. The molecule has 1 aromatic heterocycles. The fourth-order valence-electron chi connectivity index (χ4n) is 2.51. The molecule has 0 fully saturated rings. The summed E-state index contributed by atoms with van der Waals surface area (Å²) in [4.78, 5) is 40.4. The van der Waals surface area contributed by atoms with Gasteiger partial charge in [-0.15, -0.1) is 0 Å². The van der Waals surface area contributed by atoms with Crippen molar-refractivity contribution in [3.05, 3.63) is 65.1 Å². The van der Waals surface area contributed by atoms with Crippen LogP contribution in [0.25, 0.3) is 11.0 Å². The molecular weight excluding hydrogens is 461 g/mol. The minimum atomic E-state index is -0.865. The second kappa shape index (κ2) is 7.75. The number of aromatic amines is 2. The van der Waals surface area contributed by atoms with Crippen LogP contribution in [0.1, 0.15) is 5.56 Å². The lowest BCUT2D eigenvalue weighted by Gasteiger charge is -2.12. The maximum Gasteiger partial charge on any atom is 0.314 e. The summed E-state index contributed by atoms with van der Waals surface area (Å²) in [6, 6.07) is 6.64. The van der Waals surface area contributed by atoms with E-state index in [1.807, 2.05) is 0 Å². The van der Waals surface area contributed by atoms with Crippen LogP contribution in [-0.4, -0.2) is 23.0 Å². The minimum Gasteiger partial charge on any atom is -0.496 e. The third-order valence-electron chi connectivity index (χ3n) is 3.76. The Morgan fingerprint density at radius 3 is 2.56 bits per heavy atom. The van der Waals surface area contributed by atoms with Crippen LogP contribution >= 0.6 is 39.1 Å². The molecule has 3 rings (SSSR count). The van der Waals surface area contributed by atoms with Crippen molar-refractivity contribution in [3.8, 4) is 5.75 Å². The lowest BCUT2D eigenvalue weighted by atomic mass is 10.1. The van der Waals surface area contributed by atoms with Crippen molar-refractivity contribution in [2.75, 3.05) is 12.4 Å². The van der Waals surface area contributed by atoms with Gasteiger partial charge in [0, 0.05) is 0 Å². The molecule has 0 aliphatic carbocycles. The molecule has 0 radical (unpaired) electrons. The number of amides is 1. The molecule has 10 heteroatoms. The maximum atomic E-state index is 12.5. The highest BCUT2D eigenvalue weighted by Gasteiger charge is 2.16. The van der Waals surface area contributed by atoms with E-state index in [0.29, 0.717) is 10.2 Å². The Morgan fingerprint density at radius 2 is 1.89 bits per heavy atom. The number of carbonyl (C=O) groups excluding carboxylic acids is 1. The molecule has 7 nitrogen and oxygen atoms in total. The average molecular weight is 473 g/mol. The van der Waals surface area contributed by atoms with Crippen molar-refractivity contribution in [1.82, 2.24) is 9.97 Å². The van der Waals surface area contributed by atoms with E-state index in [-0.39, 0.29) is 39.1 Å². The Hall–Kier alpha value is -2.29. The van der Waals surface area contributed by atoms with Crippen molar-refractivity contribution >= 4 is 61.8 Å². The summed E-state index contributed by atoms with van der Waals surface area (Å²) in [6.07, 6.45) is 0.0422. The van der Waals surface area contributed by atoms with Gasteiger partial charge in [-0.3, -0.25) is 14.4 Å². The first-order valence-corrected chi connectivity index (χ1v) is 9.11. The van der Waals surface area contributed by atoms with E-state index in [4.69, 9.17) is 27.9 Å². The van der Waals surface area contributed by atoms with E-state index in [1.165, 1.54) is 6.07 Å². The summed E-state index contributed by atoms with van der Waals surface area (Å²) in [7, 11) is 1.55. The topological polar surface area (TPSA) is 104 Å². The molecule has 0 aliphatic heterocycles. The van der Waals surface area contributed by atoms with Gasteiger partial charge in [-0.05, 0) is 39.7 Å². The Balaban J connectivity index is 1.96. The van der Waals surface area contributed by atoms with Crippen molar-refractivity contribution in [2.24, 2.45) is 0 Å². The van der Waals surface area contributed by atoms with E-state index in [9.17, 15) is 14.4 Å². The first-order chi connectivity index (χ1) is 12.8. The molecule has 1 amide bonds. The zero-order valence-electron chi connectivity index (χ0n) is 13.8. The molecular formula is C17H12BrCl2N3O4. The van der Waals surface area contributed by atoms with Gasteiger partial charge < -0.3 is 20.0 Å². The summed E-state index contributed by atoms with van der Waals surface area (Å²) in [5, 5.41) is 2.81. The molecule has 0 atom stereocenters. The number of fused-ring (bicyclic) bond motifs is 1. The van der Waals surface area contributed by atoms with Gasteiger partial charge in [0.15, 0.2) is 0 Å². The number of nitrogens with one attached hydrogen (secondary N) is 3. The standard InChI is InChI=1S/C17H12BrCl2N3O4/c1-27-11-3-2-7(4-8(11)18)5-12(24)22-15-13(20)9(19)6-10-14(15)23-17(26)16(25)21-10/h2-4,6H,5H2,1H3,(H,21,25)(H,22,24)(H,23,26). The van der Waals surface area contributed by atoms with E-state index in [2.05, 4.69) is 31.2 Å². The van der Waals surface area contributed by atoms with Crippen LogP contribution in [0, 0.1) is 0 Å². The highest BCUT2D eigenvalue weighted by atomic mass is 79.9. The zero-order chi connectivity index (χ0) is 19.7. The largest absolute Gasteiger partial charge is 0.496 e. The third kappa shape index (κ3) is 4.02. The Morgan fingerprint density at radius 1 is 1.19 bits per heavy atom. The molecule has 0 unspecified atom stereocenters. The number of H-pyrrole nitrogens is 2. The van der Waals surface area contributed by atoms with Crippen LogP contribution in [-0.2, 0) is 11.2 Å². The van der Waals surface area contributed by atoms with Crippen LogP contribution in [0.15, 0.2) is 38.3 Å². The fraction of sp³-hybridized carbons (Fsp3) is 0.118. The number of halogens is 3. The SMILES string of the molecule is COc1ccc(CC(=O)Nc2c(Cl)c(Cl)cc3[nH]c(=O)c(=O)[nH]c23)cc1Br. The molecule has 27 heavy (non-hydrogen) atoms. The predicted octanol–water partition coefficient (Wildman–Crippen LogP) is 3.48. The molecule has 1 heterocycles. The molecule has 140 valence electrons. The van der Waals surface area contributed by atoms with Crippen molar-refractivity contribution < 1.29 is 9.53 Å². The number of methoxy groups -OCH3 is 1. The molecule has 0 saturated heterocycles. The molecule has 0 spiro atoms. The first-order valence-electron chi connectivity index (χ1n) is 7.56. The van der Waals surface area contributed by atoms with Gasteiger partial charge in [-0.1, -0.05) is 29.3 Å². The number of aromatic nitrogens is 2. The lowest BCUT2D eigenvalue weighted by Crippen LogP contribution is -2.29. The monoisotopic (exact) mass is 471 g/mol. The van der Waals surface area contributed by atoms with Gasteiger partial charge in [0.1, 0.15) is 5.75 Å². The molecule has 3 N–H and O–H groups in total. The Kier molecular flexibility index (Phi) is 5.59. The van der Waals surface area contributed by atoms with Crippen LogP contribution < -0.4 is 21.2 Å².